The van der Waals surface area contributed by atoms with E-state index in [-0.39, 0.29) is 19.0 Å². The Hall–Kier alpha value is -2.35. The zero-order chi connectivity index (χ0) is 17.4. The van der Waals surface area contributed by atoms with E-state index in [0.29, 0.717) is 0 Å². The van der Waals surface area contributed by atoms with Crippen LogP contribution in [-0.2, 0) is 38.1 Å². The van der Waals surface area contributed by atoms with Crippen LogP contribution < -0.4 is 0 Å². The van der Waals surface area contributed by atoms with E-state index in [0.717, 1.165) is 0 Å². The van der Waals surface area contributed by atoms with Crippen LogP contribution in [0.1, 0.15) is 20.8 Å². The van der Waals surface area contributed by atoms with Crippen molar-refractivity contribution in [2.75, 3.05) is 13.2 Å². The van der Waals surface area contributed by atoms with E-state index in [2.05, 4.69) is 6.58 Å². The normalized spacial score (nSPS) is 23.1. The molecular formula is C15H20O8. The fraction of sp³-hybridized carbons (Fsp3) is 0.533. The minimum atomic E-state index is -0.953. The van der Waals surface area contributed by atoms with Gasteiger partial charge in [0.05, 0.1) is 6.61 Å². The number of rotatable bonds is 7. The van der Waals surface area contributed by atoms with Crippen LogP contribution in [0.3, 0.4) is 0 Å². The minimum Gasteiger partial charge on any atom is -0.487 e. The first-order valence-corrected chi connectivity index (χ1v) is 6.92. The third-order valence-corrected chi connectivity index (χ3v) is 2.71. The number of esters is 3. The van der Waals surface area contributed by atoms with Crippen molar-refractivity contribution in [3.8, 4) is 0 Å². The van der Waals surface area contributed by atoms with E-state index in [1.54, 1.807) is 0 Å². The number of carbonyl (C=O) groups is 3. The molecule has 0 aromatic carbocycles. The number of ether oxygens (including phenoxy) is 5. The molecule has 0 unspecified atom stereocenters. The van der Waals surface area contributed by atoms with Gasteiger partial charge in [0.25, 0.3) is 0 Å². The monoisotopic (exact) mass is 328 g/mol. The molecule has 0 N–H and O–H groups in total. The van der Waals surface area contributed by atoms with Crippen LogP contribution >= 0.6 is 0 Å². The molecule has 128 valence electrons. The molecule has 0 saturated heterocycles. The van der Waals surface area contributed by atoms with Crippen molar-refractivity contribution < 1.29 is 38.1 Å². The maximum atomic E-state index is 11.4. The molecule has 3 atom stereocenters. The van der Waals surface area contributed by atoms with Crippen LogP contribution in [0.5, 0.6) is 0 Å². The molecule has 0 aliphatic carbocycles. The fourth-order valence-corrected chi connectivity index (χ4v) is 1.92. The summed E-state index contributed by atoms with van der Waals surface area (Å²) in [6.45, 7) is 7.20. The van der Waals surface area contributed by atoms with Crippen LogP contribution in [0.4, 0.5) is 0 Å². The third-order valence-electron chi connectivity index (χ3n) is 2.71. The van der Waals surface area contributed by atoms with Gasteiger partial charge in [0.15, 0.2) is 24.1 Å². The highest BCUT2D eigenvalue weighted by Crippen LogP contribution is 2.26. The smallest absolute Gasteiger partial charge is 0.307 e. The lowest BCUT2D eigenvalue weighted by Gasteiger charge is -2.35. The van der Waals surface area contributed by atoms with Gasteiger partial charge in [-0.3, -0.25) is 14.4 Å². The van der Waals surface area contributed by atoms with Gasteiger partial charge in [-0.1, -0.05) is 6.08 Å². The lowest BCUT2D eigenvalue weighted by molar-refractivity contribution is -0.179. The van der Waals surface area contributed by atoms with Gasteiger partial charge in [-0.25, -0.2) is 0 Å². The first kappa shape index (κ1) is 18.7. The Morgan fingerprint density at radius 1 is 1.22 bits per heavy atom. The SMILES string of the molecule is C=CCO[C@@H]1C(OC(C)=O)=CO[C@H](COC(C)=O)[C@H]1OC(C)=O. The summed E-state index contributed by atoms with van der Waals surface area (Å²) >= 11 is 0. The molecule has 1 rings (SSSR count). The molecule has 0 spiro atoms. The number of hydrogen-bond acceptors (Lipinski definition) is 8. The van der Waals surface area contributed by atoms with E-state index >= 15 is 0 Å². The molecule has 8 heteroatoms. The average molecular weight is 328 g/mol. The van der Waals surface area contributed by atoms with E-state index in [4.69, 9.17) is 23.7 Å². The first-order chi connectivity index (χ1) is 10.8. The van der Waals surface area contributed by atoms with Crippen molar-refractivity contribution in [1.29, 1.82) is 0 Å². The van der Waals surface area contributed by atoms with Crippen molar-refractivity contribution in [3.63, 3.8) is 0 Å². The predicted octanol–water partition coefficient (Wildman–Crippen LogP) is 0.856. The fourth-order valence-electron chi connectivity index (χ4n) is 1.92. The van der Waals surface area contributed by atoms with Gasteiger partial charge in [0.1, 0.15) is 12.9 Å². The molecule has 1 aliphatic rings. The van der Waals surface area contributed by atoms with Crippen molar-refractivity contribution in [1.82, 2.24) is 0 Å². The zero-order valence-corrected chi connectivity index (χ0v) is 13.3. The summed E-state index contributed by atoms with van der Waals surface area (Å²) in [6, 6.07) is 0. The highest BCUT2D eigenvalue weighted by Gasteiger charge is 2.42. The van der Waals surface area contributed by atoms with Gasteiger partial charge in [-0.05, 0) is 0 Å². The van der Waals surface area contributed by atoms with Crippen molar-refractivity contribution in [2.24, 2.45) is 0 Å². The Labute approximate surface area is 134 Å². The summed E-state index contributed by atoms with van der Waals surface area (Å²) in [5, 5.41) is 0. The maximum Gasteiger partial charge on any atom is 0.307 e. The summed E-state index contributed by atoms with van der Waals surface area (Å²) in [6.07, 6.45) is 0.0361. The van der Waals surface area contributed by atoms with Crippen LogP contribution in [0.25, 0.3) is 0 Å². The molecule has 0 fully saturated rings. The average Bonchev–Trinajstić information content (AvgIpc) is 2.44. The van der Waals surface area contributed by atoms with E-state index < -0.39 is 36.2 Å². The highest BCUT2D eigenvalue weighted by atomic mass is 16.6. The maximum absolute atomic E-state index is 11.4. The first-order valence-electron chi connectivity index (χ1n) is 6.92. The van der Waals surface area contributed by atoms with Crippen molar-refractivity contribution in [3.05, 3.63) is 24.7 Å². The molecule has 1 heterocycles. The molecule has 0 saturated carbocycles. The standard InChI is InChI=1S/C15H20O8/c1-5-6-19-14-13(22-10(3)17)8-21-12(7-20-9(2)16)15(14)23-11(4)18/h5,8,12,14-15H,1,6-7H2,2-4H3/t12-,14-,15-/m1/s1. The quantitative estimate of drug-likeness (QED) is 0.385. The van der Waals surface area contributed by atoms with Gasteiger partial charge in [-0.15, -0.1) is 6.58 Å². The summed E-state index contributed by atoms with van der Waals surface area (Å²) in [5.41, 5.74) is 0. The Morgan fingerprint density at radius 2 is 1.91 bits per heavy atom. The van der Waals surface area contributed by atoms with E-state index in [1.165, 1.54) is 33.1 Å². The van der Waals surface area contributed by atoms with Gasteiger partial charge in [-0.2, -0.15) is 0 Å². The molecule has 0 aromatic rings. The van der Waals surface area contributed by atoms with E-state index in [1.807, 2.05) is 0 Å². The second kappa shape index (κ2) is 8.94. The van der Waals surface area contributed by atoms with Crippen LogP contribution in [0.15, 0.2) is 24.7 Å². The highest BCUT2D eigenvalue weighted by molar-refractivity contribution is 5.68. The Morgan fingerprint density at radius 3 is 2.43 bits per heavy atom. The molecule has 23 heavy (non-hydrogen) atoms. The number of carbonyl (C=O) groups excluding carboxylic acids is 3. The zero-order valence-electron chi connectivity index (χ0n) is 13.3. The van der Waals surface area contributed by atoms with E-state index in [9.17, 15) is 14.4 Å². The summed E-state index contributed by atoms with van der Waals surface area (Å²) in [7, 11) is 0. The molecular weight excluding hydrogens is 308 g/mol. The largest absolute Gasteiger partial charge is 0.487 e. The second-order valence-electron chi connectivity index (χ2n) is 4.71. The molecule has 0 aromatic heterocycles. The predicted molar refractivity (Wildman–Crippen MR) is 76.8 cm³/mol. The molecule has 1 aliphatic heterocycles. The summed E-state index contributed by atoms with van der Waals surface area (Å²) in [4.78, 5) is 33.5. The van der Waals surface area contributed by atoms with Gasteiger partial charge in [0, 0.05) is 20.8 Å². The molecule has 8 nitrogen and oxygen atoms in total. The Bertz CT molecular complexity index is 496. The lowest BCUT2D eigenvalue weighted by Crippen LogP contribution is -2.49. The van der Waals surface area contributed by atoms with Gasteiger partial charge < -0.3 is 23.7 Å². The van der Waals surface area contributed by atoms with Crippen LogP contribution in [0, 0.1) is 0 Å². The van der Waals surface area contributed by atoms with Crippen molar-refractivity contribution >= 4 is 17.9 Å². The number of hydrogen-bond donors (Lipinski definition) is 0. The molecule has 0 radical (unpaired) electrons. The minimum absolute atomic E-state index is 0.0599. The summed E-state index contributed by atoms with van der Waals surface area (Å²) in [5.74, 6) is -1.60. The topological polar surface area (TPSA) is 97.4 Å². The van der Waals surface area contributed by atoms with Crippen LogP contribution in [0.2, 0.25) is 0 Å². The molecule has 0 amide bonds. The van der Waals surface area contributed by atoms with Gasteiger partial charge in [0.2, 0.25) is 0 Å². The van der Waals surface area contributed by atoms with Crippen molar-refractivity contribution in [2.45, 2.75) is 39.1 Å². The third kappa shape index (κ3) is 6.11. The Kier molecular flexibility index (Phi) is 7.27. The second-order valence-corrected chi connectivity index (χ2v) is 4.71. The lowest BCUT2D eigenvalue weighted by atomic mass is 10.0. The Balaban J connectivity index is 3.01. The van der Waals surface area contributed by atoms with Crippen LogP contribution in [-0.4, -0.2) is 49.4 Å². The molecule has 0 bridgehead atoms. The summed E-state index contributed by atoms with van der Waals surface area (Å²) < 4.78 is 26.0. The van der Waals surface area contributed by atoms with Gasteiger partial charge >= 0.3 is 17.9 Å².